The number of hydrogen-bond acceptors (Lipinski definition) is 3. The predicted molar refractivity (Wildman–Crippen MR) is 77.9 cm³/mol. The van der Waals surface area contributed by atoms with Crippen LogP contribution in [0.1, 0.15) is 46.0 Å². The molecule has 1 heterocycles. The van der Waals surface area contributed by atoms with E-state index in [9.17, 15) is 0 Å². The molecule has 18 heavy (non-hydrogen) atoms. The van der Waals surface area contributed by atoms with E-state index in [0.29, 0.717) is 6.04 Å². The maximum absolute atomic E-state index is 3.66. The number of likely N-dealkylation sites (tertiary alicyclic amines) is 1. The lowest BCUT2D eigenvalue weighted by Crippen LogP contribution is -2.40. The average molecular weight is 253 g/mol. The molecular formula is C15H31N3. The minimum Gasteiger partial charge on any atom is -0.315 e. The van der Waals surface area contributed by atoms with Crippen LogP contribution in [0.4, 0.5) is 0 Å². The van der Waals surface area contributed by atoms with Crippen LogP contribution in [-0.4, -0.2) is 49.7 Å². The molecular weight excluding hydrogens is 222 g/mol. The molecule has 3 heteroatoms. The number of hydrogen-bond donors (Lipinski definition) is 2. The molecule has 2 fully saturated rings. The molecule has 2 rings (SSSR count). The molecule has 1 aliphatic carbocycles. The summed E-state index contributed by atoms with van der Waals surface area (Å²) < 4.78 is 0. The van der Waals surface area contributed by atoms with Crippen molar-refractivity contribution in [2.75, 3.05) is 32.7 Å². The van der Waals surface area contributed by atoms with Crippen molar-refractivity contribution in [3.8, 4) is 0 Å². The lowest BCUT2D eigenvalue weighted by Gasteiger charge is -2.27. The zero-order valence-corrected chi connectivity index (χ0v) is 12.3. The van der Waals surface area contributed by atoms with E-state index in [2.05, 4.69) is 29.4 Å². The minimum absolute atomic E-state index is 0.634. The normalized spacial score (nSPS) is 25.8. The third-order valence-electron chi connectivity index (χ3n) is 4.44. The molecule has 2 aliphatic rings. The quantitative estimate of drug-likeness (QED) is 0.691. The Hall–Kier alpha value is -0.120. The topological polar surface area (TPSA) is 27.3 Å². The second kappa shape index (κ2) is 7.46. The first-order valence-electron chi connectivity index (χ1n) is 7.93. The summed E-state index contributed by atoms with van der Waals surface area (Å²) in [6.07, 6.45) is 7.01. The largest absolute Gasteiger partial charge is 0.315 e. The van der Waals surface area contributed by atoms with Crippen molar-refractivity contribution in [2.24, 2.45) is 5.92 Å². The summed E-state index contributed by atoms with van der Waals surface area (Å²) in [5.74, 6) is 0.931. The van der Waals surface area contributed by atoms with Crippen molar-refractivity contribution in [1.29, 1.82) is 0 Å². The molecule has 106 valence electrons. The molecule has 1 saturated carbocycles. The van der Waals surface area contributed by atoms with Crippen LogP contribution < -0.4 is 10.6 Å². The van der Waals surface area contributed by atoms with Gasteiger partial charge in [0.05, 0.1) is 0 Å². The molecule has 1 aliphatic heterocycles. The zero-order valence-electron chi connectivity index (χ0n) is 12.3. The summed E-state index contributed by atoms with van der Waals surface area (Å²) in [6, 6.07) is 1.48. The van der Waals surface area contributed by atoms with E-state index in [1.807, 2.05) is 0 Å². The summed E-state index contributed by atoms with van der Waals surface area (Å²) in [4.78, 5) is 2.64. The van der Waals surface area contributed by atoms with E-state index in [0.717, 1.165) is 12.0 Å². The summed E-state index contributed by atoms with van der Waals surface area (Å²) in [6.45, 7) is 10.7. The number of rotatable bonds is 8. The highest BCUT2D eigenvalue weighted by molar-refractivity contribution is 4.79. The van der Waals surface area contributed by atoms with Crippen LogP contribution in [0.25, 0.3) is 0 Å². The molecule has 3 nitrogen and oxygen atoms in total. The van der Waals surface area contributed by atoms with Crippen LogP contribution in [0.5, 0.6) is 0 Å². The highest BCUT2D eigenvalue weighted by Crippen LogP contribution is 2.19. The van der Waals surface area contributed by atoms with Gasteiger partial charge < -0.3 is 15.5 Å². The molecule has 1 saturated heterocycles. The highest BCUT2D eigenvalue weighted by Gasteiger charge is 2.22. The molecule has 0 aromatic rings. The first-order valence-corrected chi connectivity index (χ1v) is 7.93. The van der Waals surface area contributed by atoms with Crippen LogP contribution in [-0.2, 0) is 0 Å². The Morgan fingerprint density at radius 1 is 1.17 bits per heavy atom. The Morgan fingerprint density at radius 2 is 2.00 bits per heavy atom. The van der Waals surface area contributed by atoms with Crippen LogP contribution in [0.2, 0.25) is 0 Å². The van der Waals surface area contributed by atoms with E-state index in [1.54, 1.807) is 0 Å². The lowest BCUT2D eigenvalue weighted by atomic mass is 9.93. The van der Waals surface area contributed by atoms with Crippen molar-refractivity contribution < 1.29 is 0 Å². The Kier molecular flexibility index (Phi) is 5.93. The van der Waals surface area contributed by atoms with Crippen molar-refractivity contribution in [3.63, 3.8) is 0 Å². The van der Waals surface area contributed by atoms with Gasteiger partial charge >= 0.3 is 0 Å². The Labute approximate surface area is 113 Å². The first-order chi connectivity index (χ1) is 8.74. The fourth-order valence-corrected chi connectivity index (χ4v) is 2.97. The lowest BCUT2D eigenvalue weighted by molar-refractivity contribution is 0.284. The van der Waals surface area contributed by atoms with Gasteiger partial charge in [-0.3, -0.25) is 0 Å². The van der Waals surface area contributed by atoms with Gasteiger partial charge in [-0.1, -0.05) is 20.3 Å². The fourth-order valence-electron chi connectivity index (χ4n) is 2.97. The number of nitrogens with zero attached hydrogens (tertiary/aromatic N) is 1. The second-order valence-electron chi connectivity index (χ2n) is 6.43. The molecule has 0 radical (unpaired) electrons. The van der Waals surface area contributed by atoms with Crippen LogP contribution >= 0.6 is 0 Å². The monoisotopic (exact) mass is 253 g/mol. The third-order valence-corrected chi connectivity index (χ3v) is 4.44. The average Bonchev–Trinajstić information content (AvgIpc) is 2.69. The van der Waals surface area contributed by atoms with Gasteiger partial charge in [-0.15, -0.1) is 0 Å². The van der Waals surface area contributed by atoms with Crippen molar-refractivity contribution >= 4 is 0 Å². The Bertz CT molecular complexity index is 226. The van der Waals surface area contributed by atoms with Gasteiger partial charge in [0, 0.05) is 31.7 Å². The smallest absolute Gasteiger partial charge is 0.0107 e. The zero-order chi connectivity index (χ0) is 12.8. The molecule has 0 amide bonds. The third kappa shape index (κ3) is 4.87. The van der Waals surface area contributed by atoms with Crippen molar-refractivity contribution in [1.82, 2.24) is 15.5 Å². The van der Waals surface area contributed by atoms with Crippen molar-refractivity contribution in [2.45, 2.75) is 58.0 Å². The second-order valence-corrected chi connectivity index (χ2v) is 6.43. The van der Waals surface area contributed by atoms with Crippen LogP contribution in [0.3, 0.4) is 0 Å². The van der Waals surface area contributed by atoms with Gasteiger partial charge in [0.1, 0.15) is 0 Å². The van der Waals surface area contributed by atoms with E-state index in [1.165, 1.54) is 64.8 Å². The van der Waals surface area contributed by atoms with Gasteiger partial charge in [0.25, 0.3) is 0 Å². The SMILES string of the molecule is CC(C)NCCC1CCN(CCNC2CCC2)C1. The van der Waals surface area contributed by atoms with E-state index >= 15 is 0 Å². The molecule has 0 aromatic heterocycles. The van der Waals surface area contributed by atoms with Gasteiger partial charge in [0.2, 0.25) is 0 Å². The van der Waals surface area contributed by atoms with Gasteiger partial charge in [-0.2, -0.15) is 0 Å². The molecule has 1 unspecified atom stereocenters. The minimum atomic E-state index is 0.634. The van der Waals surface area contributed by atoms with E-state index in [4.69, 9.17) is 0 Å². The summed E-state index contributed by atoms with van der Waals surface area (Å²) >= 11 is 0. The maximum atomic E-state index is 3.66. The predicted octanol–water partition coefficient (Wildman–Crippen LogP) is 1.84. The summed E-state index contributed by atoms with van der Waals surface area (Å²) in [5.41, 5.74) is 0. The van der Waals surface area contributed by atoms with E-state index in [-0.39, 0.29) is 0 Å². The molecule has 0 bridgehead atoms. The van der Waals surface area contributed by atoms with Crippen molar-refractivity contribution in [3.05, 3.63) is 0 Å². The van der Waals surface area contributed by atoms with Gasteiger partial charge in [-0.25, -0.2) is 0 Å². The van der Waals surface area contributed by atoms with Crippen LogP contribution in [0, 0.1) is 5.92 Å². The number of nitrogens with one attached hydrogen (secondary N) is 2. The molecule has 1 atom stereocenters. The Balaban J connectivity index is 1.48. The maximum Gasteiger partial charge on any atom is 0.0107 e. The molecule has 2 N–H and O–H groups in total. The molecule has 0 spiro atoms. The standard InChI is InChI=1S/C15H31N3/c1-13(2)16-8-6-14-7-10-18(12-14)11-9-17-15-4-3-5-15/h13-17H,3-12H2,1-2H3. The highest BCUT2D eigenvalue weighted by atomic mass is 15.2. The first kappa shape index (κ1) is 14.3. The summed E-state index contributed by atoms with van der Waals surface area (Å²) in [7, 11) is 0. The summed E-state index contributed by atoms with van der Waals surface area (Å²) in [5, 5.41) is 7.19. The van der Waals surface area contributed by atoms with Gasteiger partial charge in [-0.05, 0) is 44.7 Å². The molecule has 0 aromatic carbocycles. The van der Waals surface area contributed by atoms with E-state index < -0.39 is 0 Å². The Morgan fingerprint density at radius 3 is 2.67 bits per heavy atom. The van der Waals surface area contributed by atoms with Crippen LogP contribution in [0.15, 0.2) is 0 Å². The van der Waals surface area contributed by atoms with Gasteiger partial charge in [0.15, 0.2) is 0 Å². The fraction of sp³-hybridized carbons (Fsp3) is 1.00.